The Morgan fingerprint density at radius 1 is 1.14 bits per heavy atom. The highest BCUT2D eigenvalue weighted by molar-refractivity contribution is 5.90. The summed E-state index contributed by atoms with van der Waals surface area (Å²) in [5.74, 6) is 0.463. The molecule has 0 saturated carbocycles. The van der Waals surface area contributed by atoms with Gasteiger partial charge in [-0.3, -0.25) is 9.59 Å². The largest absolute Gasteiger partial charge is 0.416 e. The van der Waals surface area contributed by atoms with E-state index in [1.165, 1.54) is 12.3 Å². The van der Waals surface area contributed by atoms with E-state index in [1.807, 2.05) is 0 Å². The van der Waals surface area contributed by atoms with E-state index in [9.17, 15) is 22.8 Å². The van der Waals surface area contributed by atoms with Crippen LogP contribution in [0.1, 0.15) is 31.7 Å². The second-order valence-corrected chi connectivity index (χ2v) is 7.21. The number of piperidine rings is 1. The van der Waals surface area contributed by atoms with Gasteiger partial charge in [-0.1, -0.05) is 12.1 Å². The summed E-state index contributed by atoms with van der Waals surface area (Å²) in [6.07, 6.45) is -1.04. The van der Waals surface area contributed by atoms with Crippen molar-refractivity contribution in [2.24, 2.45) is 5.92 Å². The van der Waals surface area contributed by atoms with Crippen LogP contribution in [0.5, 0.6) is 0 Å². The molecule has 0 bridgehead atoms. The van der Waals surface area contributed by atoms with Crippen molar-refractivity contribution in [1.29, 1.82) is 0 Å². The number of amides is 2. The molecule has 5 nitrogen and oxygen atoms in total. The Morgan fingerprint density at radius 3 is 2.45 bits per heavy atom. The van der Waals surface area contributed by atoms with E-state index in [0.717, 1.165) is 25.0 Å². The first-order valence-electron chi connectivity index (χ1n) is 9.41. The minimum absolute atomic E-state index is 0.0537. The molecule has 1 aliphatic rings. The SMILES string of the molecule is CC(=O)N1CCC(CC(=O)Nc2ccc(-c3cccc(C(F)(F)F)c3)cn2)CC1. The van der Waals surface area contributed by atoms with Gasteiger partial charge in [0.2, 0.25) is 11.8 Å². The first-order chi connectivity index (χ1) is 13.7. The van der Waals surface area contributed by atoms with Gasteiger partial charge in [-0.15, -0.1) is 0 Å². The minimum atomic E-state index is -4.40. The second-order valence-electron chi connectivity index (χ2n) is 7.21. The molecule has 1 fully saturated rings. The van der Waals surface area contributed by atoms with Crippen LogP contribution in [0.25, 0.3) is 11.1 Å². The number of carbonyl (C=O) groups excluding carboxylic acids is 2. The monoisotopic (exact) mass is 405 g/mol. The Labute approximate surface area is 166 Å². The number of aromatic nitrogens is 1. The van der Waals surface area contributed by atoms with Gasteiger partial charge in [0, 0.05) is 38.2 Å². The van der Waals surface area contributed by atoms with E-state index in [2.05, 4.69) is 10.3 Å². The average Bonchev–Trinajstić information content (AvgIpc) is 2.68. The van der Waals surface area contributed by atoms with Crippen LogP contribution in [0.2, 0.25) is 0 Å². The number of alkyl halides is 3. The Balaban J connectivity index is 1.57. The van der Waals surface area contributed by atoms with Crippen LogP contribution in [-0.2, 0) is 15.8 Å². The zero-order valence-corrected chi connectivity index (χ0v) is 16.0. The zero-order chi connectivity index (χ0) is 21.0. The highest BCUT2D eigenvalue weighted by Gasteiger charge is 2.30. The molecule has 0 unspecified atom stereocenters. The van der Waals surface area contributed by atoms with Gasteiger partial charge >= 0.3 is 6.18 Å². The average molecular weight is 405 g/mol. The summed E-state index contributed by atoms with van der Waals surface area (Å²) in [5.41, 5.74) is 0.219. The molecule has 0 radical (unpaired) electrons. The number of benzene rings is 1. The third-order valence-electron chi connectivity index (χ3n) is 5.09. The quantitative estimate of drug-likeness (QED) is 0.823. The van der Waals surface area contributed by atoms with Crippen LogP contribution < -0.4 is 5.32 Å². The number of likely N-dealkylation sites (tertiary alicyclic amines) is 1. The van der Waals surface area contributed by atoms with Crippen molar-refractivity contribution in [1.82, 2.24) is 9.88 Å². The number of rotatable bonds is 4. The maximum Gasteiger partial charge on any atom is 0.416 e. The molecule has 0 aliphatic carbocycles. The summed E-state index contributed by atoms with van der Waals surface area (Å²) in [7, 11) is 0. The topological polar surface area (TPSA) is 62.3 Å². The molecular formula is C21H22F3N3O2. The fraction of sp³-hybridized carbons (Fsp3) is 0.381. The lowest BCUT2D eigenvalue weighted by atomic mass is 9.93. The van der Waals surface area contributed by atoms with E-state index in [1.54, 1.807) is 30.0 Å². The van der Waals surface area contributed by atoms with Crippen molar-refractivity contribution < 1.29 is 22.8 Å². The molecule has 0 atom stereocenters. The summed E-state index contributed by atoms with van der Waals surface area (Å²) in [4.78, 5) is 29.5. The highest BCUT2D eigenvalue weighted by Crippen LogP contribution is 2.32. The van der Waals surface area contributed by atoms with Crippen LogP contribution >= 0.6 is 0 Å². The first kappa shape index (κ1) is 20.8. The van der Waals surface area contributed by atoms with Crippen molar-refractivity contribution in [3.05, 3.63) is 48.2 Å². The number of hydrogen-bond donors (Lipinski definition) is 1. The van der Waals surface area contributed by atoms with Gasteiger partial charge in [0.25, 0.3) is 0 Å². The van der Waals surface area contributed by atoms with Crippen molar-refractivity contribution in [3.63, 3.8) is 0 Å². The van der Waals surface area contributed by atoms with Crippen molar-refractivity contribution in [2.75, 3.05) is 18.4 Å². The molecule has 29 heavy (non-hydrogen) atoms. The van der Waals surface area contributed by atoms with Gasteiger partial charge in [0.1, 0.15) is 5.82 Å². The predicted octanol–water partition coefficient (Wildman–Crippen LogP) is 4.35. The lowest BCUT2D eigenvalue weighted by molar-refractivity contribution is -0.137. The smallest absolute Gasteiger partial charge is 0.343 e. The van der Waals surface area contributed by atoms with Crippen LogP contribution in [0.4, 0.5) is 19.0 Å². The van der Waals surface area contributed by atoms with E-state index in [4.69, 9.17) is 0 Å². The number of nitrogens with zero attached hydrogens (tertiary/aromatic N) is 2. The summed E-state index contributed by atoms with van der Waals surface area (Å²) in [6, 6.07) is 8.23. The Morgan fingerprint density at radius 2 is 1.86 bits per heavy atom. The highest BCUT2D eigenvalue weighted by atomic mass is 19.4. The van der Waals surface area contributed by atoms with Gasteiger partial charge in [-0.25, -0.2) is 4.98 Å². The summed E-state index contributed by atoms with van der Waals surface area (Å²) < 4.78 is 38.6. The maximum absolute atomic E-state index is 12.9. The molecular weight excluding hydrogens is 383 g/mol. The first-order valence-corrected chi connectivity index (χ1v) is 9.41. The van der Waals surface area contributed by atoms with Crippen LogP contribution in [0.3, 0.4) is 0 Å². The number of halogens is 3. The van der Waals surface area contributed by atoms with Crippen LogP contribution in [0.15, 0.2) is 42.6 Å². The molecule has 1 saturated heterocycles. The van der Waals surface area contributed by atoms with Gasteiger partial charge in [0.05, 0.1) is 5.56 Å². The fourth-order valence-electron chi connectivity index (χ4n) is 3.42. The van der Waals surface area contributed by atoms with Gasteiger partial charge in [-0.05, 0) is 48.6 Å². The van der Waals surface area contributed by atoms with E-state index in [0.29, 0.717) is 36.5 Å². The minimum Gasteiger partial charge on any atom is -0.343 e. The Kier molecular flexibility index (Phi) is 6.20. The van der Waals surface area contributed by atoms with Crippen LogP contribution in [-0.4, -0.2) is 34.8 Å². The molecule has 1 aromatic carbocycles. The number of carbonyl (C=O) groups is 2. The Bertz CT molecular complexity index is 873. The standard InChI is InChI=1S/C21H22F3N3O2/c1-14(28)27-9-7-15(8-10-27)11-20(29)26-19-6-5-17(13-25-19)16-3-2-4-18(12-16)21(22,23)24/h2-6,12-13,15H,7-11H2,1H3,(H,25,26,29). The molecule has 2 amide bonds. The van der Waals surface area contributed by atoms with Gasteiger partial charge < -0.3 is 10.2 Å². The maximum atomic E-state index is 12.9. The van der Waals surface area contributed by atoms with Gasteiger partial charge in [-0.2, -0.15) is 13.2 Å². The number of pyridine rings is 1. The number of nitrogens with one attached hydrogen (secondary N) is 1. The lowest BCUT2D eigenvalue weighted by Gasteiger charge is -2.30. The molecule has 154 valence electrons. The van der Waals surface area contributed by atoms with Crippen molar-refractivity contribution >= 4 is 17.6 Å². The molecule has 2 aromatic rings. The summed E-state index contributed by atoms with van der Waals surface area (Å²) in [6.45, 7) is 2.87. The third kappa shape index (κ3) is 5.56. The van der Waals surface area contributed by atoms with E-state index >= 15 is 0 Å². The van der Waals surface area contributed by atoms with Gasteiger partial charge in [0.15, 0.2) is 0 Å². The van der Waals surface area contributed by atoms with Crippen molar-refractivity contribution in [2.45, 2.75) is 32.4 Å². The fourth-order valence-corrected chi connectivity index (χ4v) is 3.42. The molecule has 1 N–H and O–H groups in total. The van der Waals surface area contributed by atoms with Crippen LogP contribution in [0, 0.1) is 5.92 Å². The third-order valence-corrected chi connectivity index (χ3v) is 5.09. The van der Waals surface area contributed by atoms with Crippen molar-refractivity contribution in [3.8, 4) is 11.1 Å². The molecule has 3 rings (SSSR count). The van der Waals surface area contributed by atoms with E-state index in [-0.39, 0.29) is 17.7 Å². The molecule has 1 aromatic heterocycles. The normalized spacial score (nSPS) is 15.2. The molecule has 1 aliphatic heterocycles. The number of hydrogen-bond acceptors (Lipinski definition) is 3. The number of anilines is 1. The molecule has 0 spiro atoms. The summed E-state index contributed by atoms with van der Waals surface area (Å²) in [5, 5.41) is 2.73. The Hall–Kier alpha value is -2.90. The lowest BCUT2D eigenvalue weighted by Crippen LogP contribution is -2.37. The summed E-state index contributed by atoms with van der Waals surface area (Å²) >= 11 is 0. The second kappa shape index (κ2) is 8.63. The molecule has 2 heterocycles. The predicted molar refractivity (Wildman–Crippen MR) is 103 cm³/mol. The molecule has 8 heteroatoms. The van der Waals surface area contributed by atoms with E-state index < -0.39 is 11.7 Å². The zero-order valence-electron chi connectivity index (χ0n) is 16.0.